The van der Waals surface area contributed by atoms with Gasteiger partial charge in [-0.3, -0.25) is 9.69 Å². The average Bonchev–Trinajstić information content (AvgIpc) is 2.85. The van der Waals surface area contributed by atoms with E-state index in [-0.39, 0.29) is 36.5 Å². The lowest BCUT2D eigenvalue weighted by Crippen LogP contribution is -2.59. The number of ether oxygens (including phenoxy) is 2. The third-order valence-corrected chi connectivity index (χ3v) is 6.86. The summed E-state index contributed by atoms with van der Waals surface area (Å²) in [6.07, 6.45) is 6.97. The third-order valence-electron chi connectivity index (χ3n) is 6.86. The molecule has 33 heavy (non-hydrogen) atoms. The lowest BCUT2D eigenvalue weighted by molar-refractivity contribution is -0.0755. The molecule has 176 valence electrons. The molecule has 2 unspecified atom stereocenters. The Kier molecular flexibility index (Phi) is 8.16. The Morgan fingerprint density at radius 3 is 2.27 bits per heavy atom. The number of carbonyl (C=O) groups is 2. The minimum Gasteiger partial charge on any atom is -0.445 e. The summed E-state index contributed by atoms with van der Waals surface area (Å²) in [7, 11) is 0. The summed E-state index contributed by atoms with van der Waals surface area (Å²) >= 11 is 0. The summed E-state index contributed by atoms with van der Waals surface area (Å²) in [5, 5.41) is 0. The van der Waals surface area contributed by atoms with E-state index in [9.17, 15) is 9.59 Å². The monoisotopic (exact) mass is 449 g/mol. The number of carbonyl (C=O) groups excluding carboxylic acids is 2. The SMILES string of the molecule is CCCCCCc1ccc(C(=O)C2CC3COCC(C2)N3C(=O)OCc2ccccc2)cc1. The molecule has 2 bridgehead atoms. The van der Waals surface area contributed by atoms with Crippen LogP contribution in [0.25, 0.3) is 0 Å². The van der Waals surface area contributed by atoms with Crippen LogP contribution < -0.4 is 0 Å². The van der Waals surface area contributed by atoms with Gasteiger partial charge in [-0.15, -0.1) is 0 Å². The lowest BCUT2D eigenvalue weighted by atomic mass is 9.80. The van der Waals surface area contributed by atoms with Crippen molar-refractivity contribution < 1.29 is 19.1 Å². The maximum atomic E-state index is 13.3. The van der Waals surface area contributed by atoms with Crippen molar-refractivity contribution in [2.24, 2.45) is 5.92 Å². The summed E-state index contributed by atoms with van der Waals surface area (Å²) in [6.45, 7) is 3.39. The molecule has 2 aromatic carbocycles. The number of hydrogen-bond acceptors (Lipinski definition) is 4. The van der Waals surface area contributed by atoms with Gasteiger partial charge in [-0.25, -0.2) is 4.79 Å². The van der Waals surface area contributed by atoms with Crippen LogP contribution in [0.4, 0.5) is 4.79 Å². The van der Waals surface area contributed by atoms with Crippen molar-refractivity contribution in [3.63, 3.8) is 0 Å². The minimum absolute atomic E-state index is 0.0857. The molecule has 5 heteroatoms. The van der Waals surface area contributed by atoms with Gasteiger partial charge in [-0.1, -0.05) is 80.8 Å². The van der Waals surface area contributed by atoms with Crippen LogP contribution in [0.5, 0.6) is 0 Å². The second-order valence-corrected chi connectivity index (χ2v) is 9.33. The number of aryl methyl sites for hydroxylation is 1. The fraction of sp³-hybridized carbons (Fsp3) is 0.500. The van der Waals surface area contributed by atoms with E-state index in [1.807, 2.05) is 47.4 Å². The maximum absolute atomic E-state index is 13.3. The van der Waals surface area contributed by atoms with Crippen LogP contribution in [-0.4, -0.2) is 42.1 Å². The topological polar surface area (TPSA) is 55.8 Å². The zero-order valence-electron chi connectivity index (χ0n) is 19.6. The summed E-state index contributed by atoms with van der Waals surface area (Å²) in [6, 6.07) is 17.6. The van der Waals surface area contributed by atoms with Crippen molar-refractivity contribution in [2.75, 3.05) is 13.2 Å². The van der Waals surface area contributed by atoms with Crippen molar-refractivity contribution in [1.82, 2.24) is 4.90 Å². The van der Waals surface area contributed by atoms with Crippen LogP contribution in [0.2, 0.25) is 0 Å². The molecule has 0 aliphatic carbocycles. The number of fused-ring (bicyclic) bond motifs is 2. The summed E-state index contributed by atoms with van der Waals surface area (Å²) in [5.41, 5.74) is 3.03. The molecule has 0 aromatic heterocycles. The standard InChI is InChI=1S/C28H35NO4/c1-2-3-4-6-9-21-12-14-23(15-13-21)27(30)24-16-25-19-32-20-26(17-24)29(25)28(31)33-18-22-10-7-5-8-11-22/h5,7-8,10-15,24-26H,2-4,6,9,16-20H2,1H3. The summed E-state index contributed by atoms with van der Waals surface area (Å²) < 4.78 is 11.3. The lowest BCUT2D eigenvalue weighted by Gasteiger charge is -2.47. The fourth-order valence-corrected chi connectivity index (χ4v) is 5.05. The average molecular weight is 450 g/mol. The highest BCUT2D eigenvalue weighted by Crippen LogP contribution is 2.34. The van der Waals surface area contributed by atoms with E-state index >= 15 is 0 Å². The van der Waals surface area contributed by atoms with Crippen LogP contribution in [0, 0.1) is 5.92 Å². The number of nitrogens with zero attached hydrogens (tertiary/aromatic N) is 1. The quantitative estimate of drug-likeness (QED) is 0.358. The highest BCUT2D eigenvalue weighted by atomic mass is 16.6. The van der Waals surface area contributed by atoms with Gasteiger partial charge in [0.1, 0.15) is 6.61 Å². The Balaban J connectivity index is 1.34. The molecule has 0 saturated carbocycles. The molecule has 2 aromatic rings. The normalized spacial score (nSPS) is 22.1. The number of amides is 1. The number of morpholine rings is 1. The van der Waals surface area contributed by atoms with Gasteiger partial charge in [-0.2, -0.15) is 0 Å². The second kappa shape index (κ2) is 11.5. The van der Waals surface area contributed by atoms with Crippen molar-refractivity contribution in [1.29, 1.82) is 0 Å². The molecule has 5 nitrogen and oxygen atoms in total. The van der Waals surface area contributed by atoms with Crippen molar-refractivity contribution >= 4 is 11.9 Å². The number of piperidine rings is 1. The predicted molar refractivity (Wildman–Crippen MR) is 128 cm³/mol. The van der Waals surface area contributed by atoms with Crippen LogP contribution >= 0.6 is 0 Å². The van der Waals surface area contributed by atoms with Crippen LogP contribution in [0.15, 0.2) is 54.6 Å². The maximum Gasteiger partial charge on any atom is 0.410 e. The molecule has 0 radical (unpaired) electrons. The fourth-order valence-electron chi connectivity index (χ4n) is 5.05. The van der Waals surface area contributed by atoms with Crippen molar-refractivity contribution in [2.45, 2.75) is 70.6 Å². The highest BCUT2D eigenvalue weighted by molar-refractivity contribution is 5.98. The zero-order valence-corrected chi connectivity index (χ0v) is 19.6. The van der Waals surface area contributed by atoms with Gasteiger partial charge < -0.3 is 9.47 Å². The molecule has 4 rings (SSSR count). The van der Waals surface area contributed by atoms with Gasteiger partial charge in [0.2, 0.25) is 0 Å². The van der Waals surface area contributed by atoms with Crippen molar-refractivity contribution in [3.05, 3.63) is 71.3 Å². The summed E-state index contributed by atoms with van der Waals surface area (Å²) in [4.78, 5) is 27.9. The molecule has 2 aliphatic heterocycles. The summed E-state index contributed by atoms with van der Waals surface area (Å²) in [5.74, 6) is 0.0965. The molecule has 2 aliphatic rings. The first kappa shape index (κ1) is 23.5. The molecule has 1 amide bonds. The first-order chi connectivity index (χ1) is 16.2. The van der Waals surface area contributed by atoms with E-state index in [2.05, 4.69) is 19.1 Å². The van der Waals surface area contributed by atoms with Crippen LogP contribution in [-0.2, 0) is 22.5 Å². The van der Waals surface area contributed by atoms with Gasteiger partial charge in [0.05, 0.1) is 25.3 Å². The molecule has 2 atom stereocenters. The van der Waals surface area contributed by atoms with E-state index in [1.54, 1.807) is 0 Å². The van der Waals surface area contributed by atoms with Gasteiger partial charge >= 0.3 is 6.09 Å². The van der Waals surface area contributed by atoms with Gasteiger partial charge in [0.15, 0.2) is 5.78 Å². The Hall–Kier alpha value is -2.66. The number of benzene rings is 2. The van der Waals surface area contributed by atoms with E-state index in [0.717, 1.165) is 17.5 Å². The number of rotatable bonds is 9. The van der Waals surface area contributed by atoms with E-state index in [0.29, 0.717) is 26.1 Å². The number of ketones is 1. The molecule has 2 heterocycles. The Labute approximate surface area is 197 Å². The Morgan fingerprint density at radius 1 is 0.909 bits per heavy atom. The van der Waals surface area contributed by atoms with Gasteiger partial charge in [0, 0.05) is 11.5 Å². The third kappa shape index (κ3) is 6.02. The zero-order chi connectivity index (χ0) is 23.0. The minimum atomic E-state index is -0.310. The smallest absolute Gasteiger partial charge is 0.410 e. The van der Waals surface area contributed by atoms with Crippen LogP contribution in [0.3, 0.4) is 0 Å². The first-order valence-electron chi connectivity index (χ1n) is 12.4. The van der Waals surface area contributed by atoms with Gasteiger partial charge in [-0.05, 0) is 36.8 Å². The second-order valence-electron chi connectivity index (χ2n) is 9.33. The molecule has 2 saturated heterocycles. The Bertz CT molecular complexity index is 897. The van der Waals surface area contributed by atoms with Crippen LogP contribution in [0.1, 0.15) is 66.9 Å². The highest BCUT2D eigenvalue weighted by Gasteiger charge is 2.44. The Morgan fingerprint density at radius 2 is 1.61 bits per heavy atom. The molecular weight excluding hydrogens is 414 g/mol. The largest absolute Gasteiger partial charge is 0.445 e. The predicted octanol–water partition coefficient (Wildman–Crippen LogP) is 5.81. The number of Topliss-reactive ketones (excluding diaryl/α,β-unsaturated/α-hetero) is 1. The molecular formula is C28H35NO4. The van der Waals surface area contributed by atoms with E-state index in [1.165, 1.54) is 31.2 Å². The molecule has 2 fully saturated rings. The molecule has 0 N–H and O–H groups in total. The first-order valence-corrected chi connectivity index (χ1v) is 12.4. The van der Waals surface area contributed by atoms with Gasteiger partial charge in [0.25, 0.3) is 0 Å². The van der Waals surface area contributed by atoms with E-state index < -0.39 is 0 Å². The molecule has 0 spiro atoms. The van der Waals surface area contributed by atoms with Crippen molar-refractivity contribution in [3.8, 4) is 0 Å². The number of unbranched alkanes of at least 4 members (excludes halogenated alkanes) is 3. The number of hydrogen-bond donors (Lipinski definition) is 0. The van der Waals surface area contributed by atoms with E-state index in [4.69, 9.17) is 9.47 Å².